The summed E-state index contributed by atoms with van der Waals surface area (Å²) in [4.78, 5) is 5.06. The van der Waals surface area contributed by atoms with Gasteiger partial charge in [0.05, 0.1) is 11.7 Å². The first-order valence-electron chi connectivity index (χ1n) is 21.8. The average Bonchev–Trinajstić information content (AvgIpc) is 4.11. The summed E-state index contributed by atoms with van der Waals surface area (Å²) in [5.74, 6) is 0. The third kappa shape index (κ3) is 7.56. The molecule has 6 heteroatoms. The van der Waals surface area contributed by atoms with E-state index in [4.69, 9.17) is 8.75 Å². The molecule has 0 aliphatic heterocycles. The van der Waals surface area contributed by atoms with Gasteiger partial charge in [0, 0.05) is 69.3 Å². The lowest BCUT2D eigenvalue weighted by Gasteiger charge is -2.27. The molecule has 0 bridgehead atoms. The van der Waals surface area contributed by atoms with Gasteiger partial charge < -0.3 is 4.57 Å². The Bertz CT molecular complexity index is 2890. The molecule has 60 heavy (non-hydrogen) atoms. The van der Waals surface area contributed by atoms with E-state index in [1.807, 2.05) is 22.7 Å². The molecule has 5 aromatic carbocycles. The Labute approximate surface area is 368 Å². The maximum Gasteiger partial charge on any atom is 0.114 e. The average molecular weight is 842 g/mol. The maximum absolute atomic E-state index is 4.89. The molecule has 9 rings (SSSR count). The number of rotatable bonds is 15. The normalized spacial score (nSPS) is 12.9. The highest BCUT2D eigenvalue weighted by Gasteiger charge is 2.27. The lowest BCUT2D eigenvalue weighted by Crippen LogP contribution is -2.18. The molecular formula is C54H55N3S3. The van der Waals surface area contributed by atoms with Crippen molar-refractivity contribution in [1.29, 1.82) is 0 Å². The third-order valence-corrected chi connectivity index (χ3v) is 16.1. The summed E-state index contributed by atoms with van der Waals surface area (Å²) >= 11 is 5.02. The Hall–Kier alpha value is -4.88. The number of hydrogen-bond acceptors (Lipinski definition) is 5. The Morgan fingerprint density at radius 1 is 0.533 bits per heavy atom. The van der Waals surface area contributed by atoms with E-state index in [0.29, 0.717) is 6.04 Å². The fourth-order valence-corrected chi connectivity index (χ4v) is 11.9. The number of unbranched alkanes of at least 4 members (excludes halogenated alkanes) is 5. The maximum atomic E-state index is 4.89. The molecule has 0 radical (unpaired) electrons. The smallest absolute Gasteiger partial charge is 0.114 e. The van der Waals surface area contributed by atoms with Crippen LogP contribution in [0.1, 0.15) is 114 Å². The monoisotopic (exact) mass is 841 g/mol. The molecule has 304 valence electrons. The number of fused-ring (bicyclic) bond motifs is 4. The summed E-state index contributed by atoms with van der Waals surface area (Å²) in [6, 6.07) is 50.2. The van der Waals surface area contributed by atoms with Gasteiger partial charge in [-0.1, -0.05) is 170 Å². The molecular weight excluding hydrogens is 787 g/mol. The minimum Gasteiger partial charge on any atom is -0.338 e. The van der Waals surface area contributed by atoms with Crippen molar-refractivity contribution in [3.05, 3.63) is 155 Å². The van der Waals surface area contributed by atoms with Gasteiger partial charge in [0.1, 0.15) is 11.0 Å². The molecule has 1 unspecified atom stereocenters. The lowest BCUT2D eigenvalue weighted by molar-refractivity contribution is 0.486. The van der Waals surface area contributed by atoms with Crippen LogP contribution in [0.4, 0.5) is 0 Å². The van der Waals surface area contributed by atoms with Crippen molar-refractivity contribution in [2.24, 2.45) is 0 Å². The summed E-state index contributed by atoms with van der Waals surface area (Å²) in [6.07, 6.45) is 9.06. The van der Waals surface area contributed by atoms with E-state index in [1.54, 1.807) is 0 Å². The van der Waals surface area contributed by atoms with Gasteiger partial charge in [-0.05, 0) is 72.0 Å². The molecule has 0 saturated heterocycles. The molecule has 0 fully saturated rings. The van der Waals surface area contributed by atoms with Crippen LogP contribution in [0.3, 0.4) is 0 Å². The summed E-state index contributed by atoms with van der Waals surface area (Å²) < 4.78 is 12.4. The van der Waals surface area contributed by atoms with Gasteiger partial charge in [0.15, 0.2) is 0 Å². The van der Waals surface area contributed by atoms with Crippen molar-refractivity contribution in [1.82, 2.24) is 13.3 Å². The van der Waals surface area contributed by atoms with E-state index in [9.17, 15) is 0 Å². The SMILES string of the molecule is CCCCCCCCC(C)n1c2cc(-c3ccc(-c4ccc(-c5ccc(C(C)(C)c6ccccc6)s5)c5nsnc45)s3)ccc2c2ccc(C(C)(C)c3ccccc3)cc21. The van der Waals surface area contributed by atoms with Crippen LogP contribution in [0.15, 0.2) is 133 Å². The quantitative estimate of drug-likeness (QED) is 0.0963. The van der Waals surface area contributed by atoms with E-state index >= 15 is 0 Å². The highest BCUT2D eigenvalue weighted by molar-refractivity contribution is 7.19. The number of nitrogens with zero attached hydrogens (tertiary/aromatic N) is 3. The van der Waals surface area contributed by atoms with E-state index in [-0.39, 0.29) is 10.8 Å². The van der Waals surface area contributed by atoms with Crippen molar-refractivity contribution < 1.29 is 0 Å². The fourth-order valence-electron chi connectivity index (χ4n) is 9.15. The molecule has 0 spiro atoms. The van der Waals surface area contributed by atoms with E-state index in [1.165, 1.54) is 120 Å². The van der Waals surface area contributed by atoms with Crippen LogP contribution in [0, 0.1) is 0 Å². The largest absolute Gasteiger partial charge is 0.338 e. The Balaban J connectivity index is 1.06. The van der Waals surface area contributed by atoms with Gasteiger partial charge in [0.2, 0.25) is 0 Å². The minimum absolute atomic E-state index is 0.0809. The predicted molar refractivity (Wildman–Crippen MR) is 262 cm³/mol. The fraction of sp³-hybridized carbons (Fsp3) is 0.296. The molecule has 0 aliphatic rings. The summed E-state index contributed by atoms with van der Waals surface area (Å²) in [5.41, 5.74) is 12.0. The Kier molecular flexibility index (Phi) is 11.4. The van der Waals surface area contributed by atoms with Crippen LogP contribution >= 0.6 is 34.4 Å². The Morgan fingerprint density at radius 3 is 1.78 bits per heavy atom. The zero-order chi connectivity index (χ0) is 41.4. The first kappa shape index (κ1) is 40.5. The first-order chi connectivity index (χ1) is 29.1. The minimum atomic E-state index is -0.111. The molecule has 4 heterocycles. The van der Waals surface area contributed by atoms with Crippen LogP contribution in [0.25, 0.3) is 64.2 Å². The molecule has 0 aliphatic carbocycles. The molecule has 0 saturated carbocycles. The summed E-state index contributed by atoms with van der Waals surface area (Å²) in [7, 11) is 0. The predicted octanol–water partition coefficient (Wildman–Crippen LogP) is 16.9. The van der Waals surface area contributed by atoms with E-state index in [2.05, 4.69) is 180 Å². The van der Waals surface area contributed by atoms with Gasteiger partial charge in [0.25, 0.3) is 0 Å². The van der Waals surface area contributed by atoms with Crippen LogP contribution in [0.5, 0.6) is 0 Å². The number of thiophene rings is 2. The molecule has 3 nitrogen and oxygen atoms in total. The van der Waals surface area contributed by atoms with Crippen LogP contribution in [0.2, 0.25) is 0 Å². The molecule has 0 N–H and O–H groups in total. The highest BCUT2D eigenvalue weighted by atomic mass is 32.1. The number of benzene rings is 5. The van der Waals surface area contributed by atoms with E-state index < -0.39 is 0 Å². The van der Waals surface area contributed by atoms with Crippen molar-refractivity contribution in [2.75, 3.05) is 0 Å². The van der Waals surface area contributed by atoms with Crippen LogP contribution < -0.4 is 0 Å². The standard InChI is InChI=1S/C54H55N3S3/c1-7-8-9-10-11-14-19-36(2)57-45-34-37(24-26-41(45)42-27-25-40(35-46(42)57)53(3,4)38-20-15-12-16-21-38)47-30-31-48(58-47)43-28-29-44(52-51(43)55-60-56-52)49-32-33-50(59-49)54(5,6)39-22-17-13-18-23-39/h12-13,15-18,20-36H,7-11,14,19H2,1-6H3. The van der Waals surface area contributed by atoms with Gasteiger partial charge >= 0.3 is 0 Å². The zero-order valence-corrected chi connectivity index (χ0v) is 38.2. The highest BCUT2D eigenvalue weighted by Crippen LogP contribution is 2.45. The molecule has 1 atom stereocenters. The van der Waals surface area contributed by atoms with Crippen LogP contribution in [-0.4, -0.2) is 13.3 Å². The topological polar surface area (TPSA) is 30.7 Å². The number of aromatic nitrogens is 3. The van der Waals surface area contributed by atoms with Crippen molar-refractivity contribution >= 4 is 67.2 Å². The lowest BCUT2D eigenvalue weighted by atomic mass is 9.78. The molecule has 9 aromatic rings. The van der Waals surface area contributed by atoms with Crippen LogP contribution in [-0.2, 0) is 10.8 Å². The van der Waals surface area contributed by atoms with Gasteiger partial charge in [-0.3, -0.25) is 0 Å². The summed E-state index contributed by atoms with van der Waals surface area (Å²) in [6.45, 7) is 14.1. The van der Waals surface area contributed by atoms with Crippen molar-refractivity contribution in [3.8, 4) is 31.3 Å². The second kappa shape index (κ2) is 16.9. The number of hydrogen-bond donors (Lipinski definition) is 0. The molecule has 4 aromatic heterocycles. The van der Waals surface area contributed by atoms with Gasteiger partial charge in [-0.2, -0.15) is 8.75 Å². The van der Waals surface area contributed by atoms with Crippen molar-refractivity contribution in [2.45, 2.75) is 103 Å². The first-order valence-corrected chi connectivity index (χ1v) is 24.2. The second-order valence-corrected chi connectivity index (χ2v) is 20.4. The Morgan fingerprint density at radius 2 is 1.10 bits per heavy atom. The second-order valence-electron chi connectivity index (χ2n) is 17.7. The van der Waals surface area contributed by atoms with Gasteiger partial charge in [-0.25, -0.2) is 0 Å². The zero-order valence-electron chi connectivity index (χ0n) is 35.8. The van der Waals surface area contributed by atoms with E-state index in [0.717, 1.165) is 22.2 Å². The third-order valence-electron chi connectivity index (χ3n) is 13.0. The van der Waals surface area contributed by atoms with Gasteiger partial charge in [-0.15, -0.1) is 22.7 Å². The molecule has 0 amide bonds. The van der Waals surface area contributed by atoms with Crippen molar-refractivity contribution in [3.63, 3.8) is 0 Å². The summed E-state index contributed by atoms with van der Waals surface area (Å²) in [5, 5.41) is 2.67.